The molecule has 1 aliphatic heterocycles. The summed E-state index contributed by atoms with van der Waals surface area (Å²) in [5.74, 6) is -0.0841. The molecule has 4 nitrogen and oxygen atoms in total. The van der Waals surface area contributed by atoms with Gasteiger partial charge in [-0.2, -0.15) is 0 Å². The number of aliphatic imine (C=N–C) groups is 1. The fourth-order valence-electron chi connectivity index (χ4n) is 2.43. The van der Waals surface area contributed by atoms with Crippen molar-refractivity contribution in [1.29, 1.82) is 0 Å². The molecule has 1 aliphatic rings. The number of halogens is 1. The summed E-state index contributed by atoms with van der Waals surface area (Å²) in [5.41, 5.74) is 1.50. The summed E-state index contributed by atoms with van der Waals surface area (Å²) in [4.78, 5) is 24.3. The molecule has 7 heteroatoms. The predicted molar refractivity (Wildman–Crippen MR) is 94.3 cm³/mol. The molecule has 1 amide bonds. The first-order valence-electron chi connectivity index (χ1n) is 7.27. The van der Waals surface area contributed by atoms with Gasteiger partial charge in [0.15, 0.2) is 0 Å². The highest BCUT2D eigenvalue weighted by molar-refractivity contribution is 7.23. The number of fused-ring (bicyclic) bond motifs is 1. The average Bonchev–Trinajstić information content (AvgIpc) is 3.25. The summed E-state index contributed by atoms with van der Waals surface area (Å²) in [6, 6.07) is 7.53. The van der Waals surface area contributed by atoms with Gasteiger partial charge in [-0.25, -0.2) is 9.37 Å². The smallest absolute Gasteiger partial charge is 0.256 e. The summed E-state index contributed by atoms with van der Waals surface area (Å²) < 4.78 is 13.0. The Hall–Kier alpha value is -2.38. The quantitative estimate of drug-likeness (QED) is 0.753. The van der Waals surface area contributed by atoms with E-state index in [2.05, 4.69) is 21.4 Å². The number of rotatable bonds is 2. The lowest BCUT2D eigenvalue weighted by Gasteiger charge is -2.04. The lowest BCUT2D eigenvalue weighted by Crippen LogP contribution is -2.29. The minimum atomic E-state index is -0.367. The van der Waals surface area contributed by atoms with Gasteiger partial charge >= 0.3 is 0 Å². The number of nitrogens with zero attached hydrogens (tertiary/aromatic N) is 2. The number of benzene rings is 1. The molecule has 1 N–H and O–H groups in total. The van der Waals surface area contributed by atoms with E-state index in [4.69, 9.17) is 0 Å². The van der Waals surface area contributed by atoms with Crippen LogP contribution in [-0.2, 0) is 6.54 Å². The second-order valence-corrected chi connectivity index (χ2v) is 7.65. The summed E-state index contributed by atoms with van der Waals surface area (Å²) in [5, 5.41) is 3.81. The topological polar surface area (TPSA) is 54.4 Å². The monoisotopic (exact) mass is 357 g/mol. The number of amidine groups is 1. The van der Waals surface area contributed by atoms with Crippen LogP contribution in [0.25, 0.3) is 9.88 Å². The molecule has 0 radical (unpaired) electrons. The van der Waals surface area contributed by atoms with Crippen molar-refractivity contribution < 1.29 is 9.18 Å². The molecular weight excluding hydrogens is 345 g/mol. The van der Waals surface area contributed by atoms with E-state index in [1.165, 1.54) is 24.3 Å². The van der Waals surface area contributed by atoms with Gasteiger partial charge in [0.2, 0.25) is 0 Å². The first kappa shape index (κ1) is 15.2. The van der Waals surface area contributed by atoms with Crippen molar-refractivity contribution >= 4 is 34.4 Å². The highest BCUT2D eigenvalue weighted by Gasteiger charge is 2.23. The highest BCUT2D eigenvalue weighted by atomic mass is 32.1. The number of carbonyl (C=O) groups is 1. The van der Waals surface area contributed by atoms with Gasteiger partial charge in [0.25, 0.3) is 5.91 Å². The summed E-state index contributed by atoms with van der Waals surface area (Å²) in [7, 11) is 0. The van der Waals surface area contributed by atoms with Crippen LogP contribution in [-0.4, -0.2) is 16.7 Å². The van der Waals surface area contributed by atoms with Crippen molar-refractivity contribution in [1.82, 2.24) is 10.3 Å². The van der Waals surface area contributed by atoms with Gasteiger partial charge in [-0.1, -0.05) is 0 Å². The van der Waals surface area contributed by atoms with Crippen molar-refractivity contribution in [2.24, 2.45) is 4.99 Å². The van der Waals surface area contributed by atoms with Crippen molar-refractivity contribution in [3.63, 3.8) is 0 Å². The van der Waals surface area contributed by atoms with Crippen LogP contribution >= 0.6 is 22.7 Å². The molecule has 0 saturated heterocycles. The number of thiophene rings is 1. The zero-order chi connectivity index (χ0) is 16.7. The Morgan fingerprint density at radius 3 is 2.75 bits per heavy atom. The molecule has 1 aromatic carbocycles. The maximum absolute atomic E-state index is 13.0. The van der Waals surface area contributed by atoms with Crippen LogP contribution in [0.15, 0.2) is 41.5 Å². The third-order valence-corrected chi connectivity index (χ3v) is 5.87. The second kappa shape index (κ2) is 5.92. The van der Waals surface area contributed by atoms with Gasteiger partial charge in [0, 0.05) is 16.6 Å². The van der Waals surface area contributed by atoms with Crippen LogP contribution < -0.4 is 5.32 Å². The van der Waals surface area contributed by atoms with Gasteiger partial charge in [-0.05, 0) is 42.8 Å². The molecule has 2 aromatic heterocycles. The Morgan fingerprint density at radius 1 is 1.25 bits per heavy atom. The number of hydrogen-bond donors (Lipinski definition) is 1. The molecule has 120 valence electrons. The van der Waals surface area contributed by atoms with Crippen LogP contribution in [0, 0.1) is 12.7 Å². The number of carbonyl (C=O) groups excluding carboxylic acids is 1. The maximum Gasteiger partial charge on any atom is 0.256 e. The first-order valence-corrected chi connectivity index (χ1v) is 8.91. The van der Waals surface area contributed by atoms with E-state index in [-0.39, 0.29) is 11.7 Å². The SMILES string of the molecule is Cc1cnc(-c2cc3c(s2)C(NC(=O)c2ccc(F)cc2)=NC3)s1. The van der Waals surface area contributed by atoms with Gasteiger partial charge in [-0.3, -0.25) is 9.79 Å². The van der Waals surface area contributed by atoms with Crippen LogP contribution in [0.1, 0.15) is 25.7 Å². The van der Waals surface area contributed by atoms with Crippen molar-refractivity contribution in [2.45, 2.75) is 13.5 Å². The number of nitrogens with one attached hydrogen (secondary N) is 1. The zero-order valence-electron chi connectivity index (χ0n) is 12.7. The molecule has 0 aliphatic carbocycles. The van der Waals surface area contributed by atoms with Gasteiger partial charge < -0.3 is 5.32 Å². The van der Waals surface area contributed by atoms with Gasteiger partial charge in [0.1, 0.15) is 16.7 Å². The Labute approximate surface area is 145 Å². The molecule has 0 fully saturated rings. The van der Waals surface area contributed by atoms with E-state index in [0.29, 0.717) is 17.9 Å². The molecule has 4 rings (SSSR count). The van der Waals surface area contributed by atoms with Crippen LogP contribution in [0.4, 0.5) is 4.39 Å². The normalized spacial score (nSPS) is 12.8. The molecular formula is C17H12FN3OS2. The molecule has 0 saturated carbocycles. The van der Waals surface area contributed by atoms with Crippen LogP contribution in [0.3, 0.4) is 0 Å². The second-order valence-electron chi connectivity index (χ2n) is 5.37. The zero-order valence-corrected chi connectivity index (χ0v) is 14.3. The Kier molecular flexibility index (Phi) is 3.74. The lowest BCUT2D eigenvalue weighted by atomic mass is 10.2. The van der Waals surface area contributed by atoms with Crippen molar-refractivity contribution in [2.75, 3.05) is 0 Å². The van der Waals surface area contributed by atoms with Crippen molar-refractivity contribution in [3.8, 4) is 9.88 Å². The van der Waals surface area contributed by atoms with E-state index in [1.54, 1.807) is 22.7 Å². The highest BCUT2D eigenvalue weighted by Crippen LogP contribution is 2.36. The molecule has 0 unspecified atom stereocenters. The Morgan fingerprint density at radius 2 is 2.04 bits per heavy atom. The van der Waals surface area contributed by atoms with E-state index >= 15 is 0 Å². The fourth-order valence-corrected chi connectivity index (χ4v) is 4.39. The third kappa shape index (κ3) is 2.76. The van der Waals surface area contributed by atoms with E-state index in [0.717, 1.165) is 25.2 Å². The van der Waals surface area contributed by atoms with E-state index in [9.17, 15) is 9.18 Å². The molecule has 24 heavy (non-hydrogen) atoms. The van der Waals surface area contributed by atoms with Gasteiger partial charge in [0.05, 0.1) is 16.3 Å². The summed E-state index contributed by atoms with van der Waals surface area (Å²) >= 11 is 3.23. The standard InChI is InChI=1S/C17H12FN3OS2/c1-9-7-20-17(23-9)13-6-11-8-19-15(14(11)24-13)21-16(22)10-2-4-12(18)5-3-10/h2-7H,8H2,1H3,(H,19,21,22). The molecule has 0 bridgehead atoms. The minimum absolute atomic E-state index is 0.290. The summed E-state index contributed by atoms with van der Waals surface area (Å²) in [6.07, 6.45) is 1.86. The average molecular weight is 357 g/mol. The largest absolute Gasteiger partial charge is 0.306 e. The minimum Gasteiger partial charge on any atom is -0.306 e. The number of aromatic nitrogens is 1. The number of amides is 1. The Bertz CT molecular complexity index is 957. The number of hydrogen-bond acceptors (Lipinski definition) is 5. The summed E-state index contributed by atoms with van der Waals surface area (Å²) in [6.45, 7) is 2.58. The van der Waals surface area contributed by atoms with Crippen molar-refractivity contribution in [3.05, 3.63) is 63.2 Å². The Balaban J connectivity index is 1.56. The first-order chi connectivity index (χ1) is 11.6. The number of aryl methyl sites for hydroxylation is 1. The molecule has 0 atom stereocenters. The molecule has 3 heterocycles. The van der Waals surface area contributed by atoms with E-state index < -0.39 is 0 Å². The van der Waals surface area contributed by atoms with Crippen LogP contribution in [0.5, 0.6) is 0 Å². The lowest BCUT2D eigenvalue weighted by molar-refractivity contribution is 0.0977. The third-order valence-electron chi connectivity index (χ3n) is 3.60. The number of thiazole rings is 1. The van der Waals surface area contributed by atoms with Gasteiger partial charge in [-0.15, -0.1) is 22.7 Å². The molecule has 3 aromatic rings. The van der Waals surface area contributed by atoms with Crippen LogP contribution in [0.2, 0.25) is 0 Å². The maximum atomic E-state index is 13.0. The fraction of sp³-hybridized carbons (Fsp3) is 0.118. The molecule has 0 spiro atoms. The van der Waals surface area contributed by atoms with E-state index in [1.807, 2.05) is 13.1 Å². The predicted octanol–water partition coefficient (Wildman–Crippen LogP) is 4.01.